The van der Waals surface area contributed by atoms with Crippen LogP contribution in [0.2, 0.25) is 0 Å². The zero-order valence-corrected chi connectivity index (χ0v) is 7.91. The Hall–Kier alpha value is -1.38. The second-order valence-corrected chi connectivity index (χ2v) is 2.86. The predicted molar refractivity (Wildman–Crippen MR) is 51.7 cm³/mol. The summed E-state index contributed by atoms with van der Waals surface area (Å²) in [7, 11) is 0. The lowest BCUT2D eigenvalue weighted by Crippen LogP contribution is -2.22. The van der Waals surface area contributed by atoms with E-state index in [-0.39, 0.29) is 0 Å². The van der Waals surface area contributed by atoms with Crippen molar-refractivity contribution in [1.82, 2.24) is 0 Å². The normalized spacial score (nSPS) is 11.9. The molecule has 0 saturated carbocycles. The van der Waals surface area contributed by atoms with Gasteiger partial charge in [-0.25, -0.2) is 0 Å². The molecule has 14 heavy (non-hydrogen) atoms. The summed E-state index contributed by atoms with van der Waals surface area (Å²) in [5.41, 5.74) is 0. The van der Waals surface area contributed by atoms with Crippen molar-refractivity contribution in [2.45, 2.75) is 12.8 Å². The Labute approximate surface area is 82.0 Å². The fraction of sp³-hybridized carbons (Fsp3) is 0.273. The van der Waals surface area contributed by atoms with Gasteiger partial charge in [0.05, 0.1) is 0 Å². The number of ether oxygens (including phenoxy) is 1. The molecule has 0 spiro atoms. The van der Waals surface area contributed by atoms with Gasteiger partial charge in [-0.05, 0) is 25.1 Å². The van der Waals surface area contributed by atoms with E-state index in [0.29, 0.717) is 5.75 Å². The molecule has 0 saturated heterocycles. The highest BCUT2D eigenvalue weighted by Gasteiger charge is 2.25. The summed E-state index contributed by atoms with van der Waals surface area (Å²) in [5.74, 6) is -2.44. The third kappa shape index (κ3) is 3.56. The lowest BCUT2D eigenvalue weighted by Gasteiger charge is -2.12. The van der Waals surface area contributed by atoms with Gasteiger partial charge in [0.1, 0.15) is 5.75 Å². The highest BCUT2D eigenvalue weighted by atomic mass is 19.3. The van der Waals surface area contributed by atoms with Gasteiger partial charge in [-0.1, -0.05) is 24.3 Å². The number of allylic oxidation sites excluding steroid dienone is 1. The van der Waals surface area contributed by atoms with Crippen LogP contribution in [0.1, 0.15) is 6.92 Å². The summed E-state index contributed by atoms with van der Waals surface area (Å²) in [6.45, 7) is 0.928. The number of rotatable bonds is 4. The number of alkyl halides is 2. The molecule has 3 heteroatoms. The topological polar surface area (TPSA) is 9.23 Å². The average Bonchev–Trinajstić information content (AvgIpc) is 2.17. The first-order chi connectivity index (χ1) is 6.64. The Kier molecular flexibility index (Phi) is 3.63. The molecule has 0 bridgehead atoms. The maximum absolute atomic E-state index is 12.9. The van der Waals surface area contributed by atoms with Crippen LogP contribution in [0.4, 0.5) is 8.78 Å². The zero-order valence-electron chi connectivity index (χ0n) is 7.91. The van der Waals surface area contributed by atoms with Gasteiger partial charge in [0.15, 0.2) is 6.61 Å². The lowest BCUT2D eigenvalue weighted by atomic mass is 10.3. The van der Waals surface area contributed by atoms with Crippen LogP contribution in [0.5, 0.6) is 5.75 Å². The zero-order chi connectivity index (χ0) is 10.4. The maximum atomic E-state index is 12.9. The van der Waals surface area contributed by atoms with Gasteiger partial charge in [-0.15, -0.1) is 0 Å². The molecule has 0 aliphatic rings. The van der Waals surface area contributed by atoms with E-state index in [1.54, 1.807) is 37.3 Å². The van der Waals surface area contributed by atoms with E-state index in [1.165, 1.54) is 6.08 Å². The molecule has 0 heterocycles. The van der Waals surface area contributed by atoms with Gasteiger partial charge in [0.25, 0.3) is 5.92 Å². The van der Waals surface area contributed by atoms with Crippen LogP contribution >= 0.6 is 0 Å². The average molecular weight is 198 g/mol. The van der Waals surface area contributed by atoms with E-state index in [9.17, 15) is 8.78 Å². The first-order valence-corrected chi connectivity index (χ1v) is 4.33. The first-order valence-electron chi connectivity index (χ1n) is 4.33. The van der Waals surface area contributed by atoms with Crippen LogP contribution in [-0.2, 0) is 0 Å². The summed E-state index contributed by atoms with van der Waals surface area (Å²) in [6.07, 6.45) is 2.14. The highest BCUT2D eigenvalue weighted by Crippen LogP contribution is 2.18. The summed E-state index contributed by atoms with van der Waals surface area (Å²) >= 11 is 0. The van der Waals surface area contributed by atoms with Crippen molar-refractivity contribution in [3.63, 3.8) is 0 Å². The molecule has 1 rings (SSSR count). The Bertz CT molecular complexity index is 293. The minimum Gasteiger partial charge on any atom is -0.487 e. The Morgan fingerprint density at radius 2 is 1.93 bits per heavy atom. The SMILES string of the molecule is CC=CC(F)(F)COc1ccccc1. The molecule has 0 aromatic heterocycles. The molecule has 0 fully saturated rings. The number of benzene rings is 1. The van der Waals surface area contributed by atoms with E-state index < -0.39 is 12.5 Å². The van der Waals surface area contributed by atoms with Crippen molar-refractivity contribution >= 4 is 0 Å². The summed E-state index contributed by atoms with van der Waals surface area (Å²) < 4.78 is 30.7. The van der Waals surface area contributed by atoms with Crippen LogP contribution in [0.25, 0.3) is 0 Å². The van der Waals surface area contributed by atoms with Crippen LogP contribution in [0.15, 0.2) is 42.5 Å². The van der Waals surface area contributed by atoms with E-state index in [1.807, 2.05) is 0 Å². The lowest BCUT2D eigenvalue weighted by molar-refractivity contribution is 0.00502. The monoisotopic (exact) mass is 198 g/mol. The van der Waals surface area contributed by atoms with Gasteiger partial charge >= 0.3 is 0 Å². The Morgan fingerprint density at radius 3 is 2.50 bits per heavy atom. The standard InChI is InChI=1S/C11H12F2O/c1-2-8-11(12,13)9-14-10-6-4-3-5-7-10/h2-8H,9H2,1H3. The summed E-state index contributed by atoms with van der Waals surface area (Å²) in [4.78, 5) is 0. The molecule has 1 aromatic rings. The fourth-order valence-corrected chi connectivity index (χ4v) is 0.988. The van der Waals surface area contributed by atoms with Crippen molar-refractivity contribution in [2.24, 2.45) is 0 Å². The van der Waals surface area contributed by atoms with Crippen molar-refractivity contribution in [1.29, 1.82) is 0 Å². The third-order valence-electron chi connectivity index (χ3n) is 1.58. The largest absolute Gasteiger partial charge is 0.487 e. The molecule has 0 amide bonds. The number of hydrogen-bond donors (Lipinski definition) is 0. The third-order valence-corrected chi connectivity index (χ3v) is 1.58. The molecule has 76 valence electrons. The van der Waals surface area contributed by atoms with E-state index >= 15 is 0 Å². The molecule has 0 radical (unpaired) electrons. The van der Waals surface area contributed by atoms with Crippen LogP contribution in [0, 0.1) is 0 Å². The first kappa shape index (κ1) is 10.7. The Balaban J connectivity index is 2.49. The molecule has 0 aliphatic heterocycles. The summed E-state index contributed by atoms with van der Waals surface area (Å²) in [6, 6.07) is 8.57. The van der Waals surface area contributed by atoms with Crippen molar-refractivity contribution in [3.05, 3.63) is 42.5 Å². The predicted octanol–water partition coefficient (Wildman–Crippen LogP) is 3.28. The maximum Gasteiger partial charge on any atom is 0.299 e. The Morgan fingerprint density at radius 1 is 1.29 bits per heavy atom. The number of para-hydroxylation sites is 1. The van der Waals surface area contributed by atoms with Gasteiger partial charge in [0, 0.05) is 0 Å². The quantitative estimate of drug-likeness (QED) is 0.674. The van der Waals surface area contributed by atoms with Crippen LogP contribution in [0.3, 0.4) is 0 Å². The van der Waals surface area contributed by atoms with Gasteiger partial charge in [-0.2, -0.15) is 8.78 Å². The van der Waals surface area contributed by atoms with Crippen molar-refractivity contribution < 1.29 is 13.5 Å². The van der Waals surface area contributed by atoms with Crippen LogP contribution in [-0.4, -0.2) is 12.5 Å². The second-order valence-electron chi connectivity index (χ2n) is 2.86. The summed E-state index contributed by atoms with van der Waals surface area (Å²) in [5, 5.41) is 0. The molecule has 0 aliphatic carbocycles. The smallest absolute Gasteiger partial charge is 0.299 e. The molecular weight excluding hydrogens is 186 g/mol. The van der Waals surface area contributed by atoms with E-state index in [0.717, 1.165) is 6.08 Å². The van der Waals surface area contributed by atoms with Gasteiger partial charge in [0.2, 0.25) is 0 Å². The minimum atomic E-state index is -2.90. The second kappa shape index (κ2) is 4.74. The van der Waals surface area contributed by atoms with Gasteiger partial charge in [-0.3, -0.25) is 0 Å². The van der Waals surface area contributed by atoms with Crippen molar-refractivity contribution in [2.75, 3.05) is 6.61 Å². The number of halogens is 2. The fourth-order valence-electron chi connectivity index (χ4n) is 0.988. The van der Waals surface area contributed by atoms with E-state index in [4.69, 9.17) is 4.74 Å². The molecule has 0 atom stereocenters. The van der Waals surface area contributed by atoms with Crippen LogP contribution < -0.4 is 4.74 Å². The molecular formula is C11H12F2O. The molecule has 1 aromatic carbocycles. The van der Waals surface area contributed by atoms with Gasteiger partial charge < -0.3 is 4.74 Å². The highest BCUT2D eigenvalue weighted by molar-refractivity contribution is 5.21. The molecule has 1 nitrogen and oxygen atoms in total. The molecule has 0 unspecified atom stereocenters. The molecule has 0 N–H and O–H groups in total. The number of hydrogen-bond acceptors (Lipinski definition) is 1. The van der Waals surface area contributed by atoms with Crippen molar-refractivity contribution in [3.8, 4) is 5.75 Å². The minimum absolute atomic E-state index is 0.455. The van der Waals surface area contributed by atoms with E-state index in [2.05, 4.69) is 0 Å².